The van der Waals surface area contributed by atoms with Crippen LogP contribution in [0.4, 0.5) is 0 Å². The summed E-state index contributed by atoms with van der Waals surface area (Å²) in [5.41, 5.74) is 0. The molecule has 2 aliphatic rings. The van der Waals surface area contributed by atoms with Gasteiger partial charge in [-0.05, 0) is 6.42 Å². The molecule has 3 rings (SSSR count). The standard InChI is InChI=1S/C7H9O2.C6H6S.Cu/c1-2-4-7(3-1)8-5-6-9-7;7-6-4-2-1-3-5-6;/h1H,2,4-6H2;1-5,7H;/q-1;;+2/p-1. The molecule has 0 bridgehead atoms. The minimum absolute atomic E-state index is 0. The summed E-state index contributed by atoms with van der Waals surface area (Å²) < 4.78 is 10.7. The van der Waals surface area contributed by atoms with E-state index in [-0.39, 0.29) is 17.1 Å². The van der Waals surface area contributed by atoms with Gasteiger partial charge in [0.2, 0.25) is 0 Å². The van der Waals surface area contributed by atoms with Crippen molar-refractivity contribution in [3.05, 3.63) is 42.5 Å². The van der Waals surface area contributed by atoms with Gasteiger partial charge in [-0.1, -0.05) is 36.8 Å². The zero-order valence-electron chi connectivity index (χ0n) is 9.32. The number of hydrogen-bond donors (Lipinski definition) is 0. The molecule has 2 nitrogen and oxygen atoms in total. The van der Waals surface area contributed by atoms with E-state index in [2.05, 4.69) is 6.08 Å². The molecule has 0 aromatic heterocycles. The normalized spacial score (nSPS) is 19.5. The third-order valence-electron chi connectivity index (χ3n) is 2.44. The molecule has 0 amide bonds. The molecule has 17 heavy (non-hydrogen) atoms. The van der Waals surface area contributed by atoms with E-state index in [1.807, 2.05) is 36.4 Å². The van der Waals surface area contributed by atoms with Crippen LogP contribution < -0.4 is 0 Å². The molecule has 95 valence electrons. The third-order valence-corrected chi connectivity index (χ3v) is 2.71. The molecule has 1 aromatic carbocycles. The average Bonchev–Trinajstić information content (AvgIpc) is 2.95. The van der Waals surface area contributed by atoms with Crippen molar-refractivity contribution in [2.75, 3.05) is 13.2 Å². The summed E-state index contributed by atoms with van der Waals surface area (Å²) in [6.07, 6.45) is 7.05. The van der Waals surface area contributed by atoms with Crippen molar-refractivity contribution in [1.82, 2.24) is 0 Å². The predicted octanol–water partition coefficient (Wildman–Crippen LogP) is 2.47. The Bertz CT molecular complexity index is 348. The second-order valence-corrected chi connectivity index (χ2v) is 4.12. The summed E-state index contributed by atoms with van der Waals surface area (Å²) in [4.78, 5) is 0.905. The number of rotatable bonds is 0. The zero-order chi connectivity index (χ0) is 11.3. The molecule has 0 unspecified atom stereocenters. The maximum absolute atomic E-state index is 5.34. The molecule has 4 heteroatoms. The average molecular weight is 298 g/mol. The maximum atomic E-state index is 5.34. The SMILES string of the molecule is [C-]1=CCCC12OCCO2.[Cu+2].[S-]c1ccccc1. The van der Waals surface area contributed by atoms with E-state index >= 15 is 0 Å². The van der Waals surface area contributed by atoms with Gasteiger partial charge in [0.1, 0.15) is 0 Å². The molecule has 1 spiro atoms. The van der Waals surface area contributed by atoms with Gasteiger partial charge in [0, 0.05) is 5.79 Å². The molecule has 0 N–H and O–H groups in total. The monoisotopic (exact) mass is 297 g/mol. The Labute approximate surface area is 118 Å². The fourth-order valence-electron chi connectivity index (χ4n) is 1.66. The third kappa shape index (κ3) is 4.41. The number of benzene rings is 1. The van der Waals surface area contributed by atoms with E-state index in [4.69, 9.17) is 22.1 Å². The van der Waals surface area contributed by atoms with Crippen molar-refractivity contribution in [2.24, 2.45) is 0 Å². The Kier molecular flexibility index (Phi) is 6.17. The molecule has 1 heterocycles. The number of allylic oxidation sites excluding steroid dienone is 1. The Balaban J connectivity index is 0.000000166. The Morgan fingerprint density at radius 1 is 1.12 bits per heavy atom. The van der Waals surface area contributed by atoms with Crippen LogP contribution in [0.3, 0.4) is 0 Å². The van der Waals surface area contributed by atoms with Crippen LogP contribution in [0.5, 0.6) is 0 Å². The van der Waals surface area contributed by atoms with Gasteiger partial charge < -0.3 is 28.2 Å². The van der Waals surface area contributed by atoms with Crippen molar-refractivity contribution in [2.45, 2.75) is 23.5 Å². The predicted molar refractivity (Wildman–Crippen MR) is 63.8 cm³/mol. The molecule has 1 radical (unpaired) electrons. The van der Waals surface area contributed by atoms with Crippen LogP contribution in [0.2, 0.25) is 0 Å². The van der Waals surface area contributed by atoms with Gasteiger partial charge in [-0.25, -0.2) is 0 Å². The summed E-state index contributed by atoms with van der Waals surface area (Å²) in [5.74, 6) is -0.417. The number of ether oxygens (including phenoxy) is 2. The van der Waals surface area contributed by atoms with E-state index < -0.39 is 5.79 Å². The van der Waals surface area contributed by atoms with Crippen molar-refractivity contribution >= 4 is 12.6 Å². The fourth-order valence-corrected chi connectivity index (χ4v) is 1.82. The number of hydrogen-bond acceptors (Lipinski definition) is 3. The summed E-state index contributed by atoms with van der Waals surface area (Å²) >= 11 is 4.81. The summed E-state index contributed by atoms with van der Waals surface area (Å²) in [7, 11) is 0. The van der Waals surface area contributed by atoms with Crippen molar-refractivity contribution < 1.29 is 26.5 Å². The topological polar surface area (TPSA) is 18.5 Å². The van der Waals surface area contributed by atoms with Crippen molar-refractivity contribution in [3.8, 4) is 0 Å². The molecule has 1 aliphatic heterocycles. The molecule has 1 fully saturated rings. The van der Waals surface area contributed by atoms with Crippen LogP contribution in [0.1, 0.15) is 12.8 Å². The molecule has 1 aromatic rings. The first kappa shape index (κ1) is 14.7. The van der Waals surface area contributed by atoms with E-state index in [9.17, 15) is 0 Å². The molecule has 1 aliphatic carbocycles. The zero-order valence-corrected chi connectivity index (χ0v) is 11.1. The second kappa shape index (κ2) is 7.14. The Morgan fingerprint density at radius 3 is 2.18 bits per heavy atom. The second-order valence-electron chi connectivity index (χ2n) is 3.65. The minimum Gasteiger partial charge on any atom is -0.780 e. The van der Waals surface area contributed by atoms with Crippen molar-refractivity contribution in [3.63, 3.8) is 0 Å². The van der Waals surface area contributed by atoms with Crippen LogP contribution in [0.15, 0.2) is 41.3 Å². The van der Waals surface area contributed by atoms with Crippen LogP contribution in [0, 0.1) is 6.08 Å². The molecule has 0 saturated carbocycles. The van der Waals surface area contributed by atoms with Crippen LogP contribution >= 0.6 is 0 Å². The molecule has 0 atom stereocenters. The Hall–Kier alpha value is -0.381. The quantitative estimate of drug-likeness (QED) is 0.416. The fraction of sp³-hybridized carbons (Fsp3) is 0.385. The van der Waals surface area contributed by atoms with E-state index in [1.165, 1.54) is 0 Å². The van der Waals surface area contributed by atoms with E-state index in [1.54, 1.807) is 0 Å². The largest absolute Gasteiger partial charge is 2.00 e. The van der Waals surface area contributed by atoms with Gasteiger partial charge >= 0.3 is 17.1 Å². The summed E-state index contributed by atoms with van der Waals surface area (Å²) in [5, 5.41) is 0. The molecular formula is C13H14CuO2S. The van der Waals surface area contributed by atoms with Gasteiger partial charge in [0.15, 0.2) is 0 Å². The Morgan fingerprint density at radius 2 is 1.76 bits per heavy atom. The first-order valence-electron chi connectivity index (χ1n) is 5.40. The van der Waals surface area contributed by atoms with E-state index in [0.29, 0.717) is 0 Å². The van der Waals surface area contributed by atoms with Gasteiger partial charge in [-0.2, -0.15) is 4.90 Å². The van der Waals surface area contributed by atoms with Gasteiger partial charge in [-0.3, -0.25) is 6.08 Å². The van der Waals surface area contributed by atoms with Crippen LogP contribution in [-0.4, -0.2) is 19.0 Å². The van der Waals surface area contributed by atoms with Crippen molar-refractivity contribution in [1.29, 1.82) is 0 Å². The minimum atomic E-state index is -0.417. The first-order chi connectivity index (χ1) is 7.81. The van der Waals surface area contributed by atoms with Crippen LogP contribution in [0.25, 0.3) is 0 Å². The first-order valence-corrected chi connectivity index (χ1v) is 5.81. The summed E-state index contributed by atoms with van der Waals surface area (Å²) in [6.45, 7) is 1.45. The summed E-state index contributed by atoms with van der Waals surface area (Å²) in [6, 6.07) is 9.62. The van der Waals surface area contributed by atoms with Gasteiger partial charge in [0.25, 0.3) is 0 Å². The smallest absolute Gasteiger partial charge is 0.780 e. The molecule has 1 saturated heterocycles. The van der Waals surface area contributed by atoms with Gasteiger partial charge in [-0.15, -0.1) is 0 Å². The maximum Gasteiger partial charge on any atom is 2.00 e. The van der Waals surface area contributed by atoms with E-state index in [0.717, 1.165) is 31.0 Å². The van der Waals surface area contributed by atoms with Crippen LogP contribution in [-0.2, 0) is 39.2 Å². The molecular weight excluding hydrogens is 284 g/mol. The van der Waals surface area contributed by atoms with Gasteiger partial charge in [0.05, 0.1) is 13.2 Å².